The van der Waals surface area contributed by atoms with Gasteiger partial charge in [-0.1, -0.05) is 65.0 Å². The Morgan fingerprint density at radius 1 is 1.04 bits per heavy atom. The fraction of sp³-hybridized carbons (Fsp3) is 0.500. The van der Waals surface area contributed by atoms with Gasteiger partial charge in [0.2, 0.25) is 27.8 Å². The molecule has 0 radical (unpaired) electrons. The van der Waals surface area contributed by atoms with Crippen LogP contribution < -0.4 is 21.3 Å². The zero-order valence-corrected chi connectivity index (χ0v) is 28.8. The van der Waals surface area contributed by atoms with Crippen molar-refractivity contribution in [2.45, 2.75) is 64.1 Å². The molecule has 0 saturated heterocycles. The molecule has 3 amide bonds. The molecule has 15 heteroatoms. The number of nitrogens with zero attached hydrogens (tertiary/aromatic N) is 2. The molecule has 2 aromatic carbocycles. The summed E-state index contributed by atoms with van der Waals surface area (Å²) in [5.74, 6) is -0.870. The van der Waals surface area contributed by atoms with Crippen molar-refractivity contribution in [3.05, 3.63) is 54.1 Å². The number of methoxy groups -OCH3 is 1. The predicted octanol–water partition coefficient (Wildman–Crippen LogP) is 2.23. The van der Waals surface area contributed by atoms with E-state index in [1.54, 1.807) is 7.05 Å². The molecule has 1 unspecified atom stereocenters. The molecule has 0 aliphatic rings. The molecule has 0 aliphatic carbocycles. The first-order chi connectivity index (χ1) is 22.0. The zero-order valence-electron chi connectivity index (χ0n) is 28.0. The number of fused-ring (bicyclic) bond motifs is 1. The number of sulfonamides is 1. The predicted molar refractivity (Wildman–Crippen MR) is 179 cm³/mol. The first kappa shape index (κ1) is 37.4. The van der Waals surface area contributed by atoms with E-state index in [0.29, 0.717) is 11.0 Å². The van der Waals surface area contributed by atoms with Crippen LogP contribution in [0.1, 0.15) is 40.2 Å². The molecule has 3 aromatic rings. The minimum absolute atomic E-state index is 0.0192. The topological polar surface area (TPSA) is 195 Å². The van der Waals surface area contributed by atoms with Crippen molar-refractivity contribution in [2.75, 3.05) is 39.1 Å². The quantitative estimate of drug-likeness (QED) is 0.140. The molecule has 3 rings (SSSR count). The second kappa shape index (κ2) is 16.2. The van der Waals surface area contributed by atoms with Gasteiger partial charge < -0.3 is 30.8 Å². The van der Waals surface area contributed by atoms with Crippen LogP contribution in [0.5, 0.6) is 0 Å². The Balaban J connectivity index is 1.94. The molecule has 0 aliphatic heterocycles. The van der Waals surface area contributed by atoms with Gasteiger partial charge in [-0.3, -0.25) is 14.9 Å². The Hall–Kier alpha value is -4.05. The number of rotatable bonds is 15. The fourth-order valence-corrected chi connectivity index (χ4v) is 6.63. The molecule has 0 fully saturated rings. The molecule has 47 heavy (non-hydrogen) atoms. The molecule has 14 nitrogen and oxygen atoms in total. The zero-order chi connectivity index (χ0) is 34.9. The van der Waals surface area contributed by atoms with Crippen LogP contribution in [0.15, 0.2) is 53.4 Å². The molecule has 1 aromatic heterocycles. The summed E-state index contributed by atoms with van der Waals surface area (Å²) in [7, 11) is -1.32. The van der Waals surface area contributed by atoms with E-state index in [9.17, 15) is 27.9 Å². The summed E-state index contributed by atoms with van der Waals surface area (Å²) in [5, 5.41) is 22.5. The average Bonchev–Trinajstić information content (AvgIpc) is 3.40. The lowest BCUT2D eigenvalue weighted by Crippen LogP contribution is -2.59. The third-order valence-electron chi connectivity index (χ3n) is 7.32. The van der Waals surface area contributed by atoms with E-state index in [1.807, 2.05) is 65.0 Å². The summed E-state index contributed by atoms with van der Waals surface area (Å²) in [5.41, 5.74) is 0.944. The molecular weight excluding hydrogens is 626 g/mol. The smallest absolute Gasteiger partial charge is 0.413 e. The molecule has 1 heterocycles. The summed E-state index contributed by atoms with van der Waals surface area (Å²) in [6, 6.07) is 11.7. The van der Waals surface area contributed by atoms with E-state index in [2.05, 4.69) is 36.0 Å². The maximum absolute atomic E-state index is 14.1. The lowest BCUT2D eigenvalue weighted by molar-refractivity contribution is -0.132. The highest BCUT2D eigenvalue weighted by Crippen LogP contribution is 2.24. The Labute approximate surface area is 276 Å². The van der Waals surface area contributed by atoms with Gasteiger partial charge in [0.15, 0.2) is 0 Å². The number of H-pyrrole nitrogens is 1. The van der Waals surface area contributed by atoms with E-state index in [1.165, 1.54) is 29.6 Å². The van der Waals surface area contributed by atoms with Crippen molar-refractivity contribution in [1.82, 2.24) is 30.2 Å². The standard InChI is InChI=1S/C32H47N7O7S/c1-20(2)18-39(47(44,45)22-13-14-23-24(16-22)36-30(35-23)38-31(43)46-7)19-26(40)25(15-21-11-9-8-10-12-21)34-29(42)28(32(3,4)5)37-27(41)17-33-6/h8-14,16,20,25-26,28,33,40H,15,17-19H2,1-7H3,(H,34,42)(H,37,41)(H2,35,36,38,43)/t25-,26?,28+/m0/s1. The van der Waals surface area contributed by atoms with Crippen LogP contribution in [0.4, 0.5) is 10.7 Å². The summed E-state index contributed by atoms with van der Waals surface area (Å²) in [6.45, 7) is 8.98. The maximum atomic E-state index is 14.1. The number of nitrogens with one attached hydrogen (secondary N) is 5. The second-order valence-corrected chi connectivity index (χ2v) is 14.8. The first-order valence-electron chi connectivity index (χ1n) is 15.4. The Kier molecular flexibility index (Phi) is 12.9. The van der Waals surface area contributed by atoms with Gasteiger partial charge in [0.05, 0.1) is 41.7 Å². The highest BCUT2D eigenvalue weighted by Gasteiger charge is 2.36. The third-order valence-corrected chi connectivity index (χ3v) is 9.15. The van der Waals surface area contributed by atoms with Crippen LogP contribution >= 0.6 is 0 Å². The van der Waals surface area contributed by atoms with Crippen LogP contribution in [0.3, 0.4) is 0 Å². The number of amides is 3. The fourth-order valence-electron chi connectivity index (χ4n) is 4.98. The Morgan fingerprint density at radius 3 is 2.32 bits per heavy atom. The number of hydrogen-bond donors (Lipinski definition) is 6. The number of anilines is 1. The molecule has 3 atom stereocenters. The third kappa shape index (κ3) is 10.5. The van der Waals surface area contributed by atoms with Crippen LogP contribution in [0, 0.1) is 11.3 Å². The van der Waals surface area contributed by atoms with Gasteiger partial charge in [0.25, 0.3) is 0 Å². The first-order valence-corrected chi connectivity index (χ1v) is 16.8. The van der Waals surface area contributed by atoms with Crippen LogP contribution in [0.25, 0.3) is 11.0 Å². The lowest BCUT2D eigenvalue weighted by atomic mass is 9.85. The van der Waals surface area contributed by atoms with Gasteiger partial charge in [0.1, 0.15) is 6.04 Å². The van der Waals surface area contributed by atoms with Crippen molar-refractivity contribution >= 4 is 44.9 Å². The number of carbonyl (C=O) groups excluding carboxylic acids is 3. The number of aromatic nitrogens is 2. The number of ether oxygens (including phenoxy) is 1. The molecule has 0 bridgehead atoms. The van der Waals surface area contributed by atoms with Crippen molar-refractivity contribution in [2.24, 2.45) is 11.3 Å². The van der Waals surface area contributed by atoms with Gasteiger partial charge in [-0.15, -0.1) is 0 Å². The number of imidazole rings is 1. The van der Waals surface area contributed by atoms with Crippen molar-refractivity contribution < 1.29 is 32.6 Å². The lowest BCUT2D eigenvalue weighted by Gasteiger charge is -2.34. The number of likely N-dealkylation sites (N-methyl/N-ethyl adjacent to an activating group) is 1. The average molecular weight is 674 g/mol. The van der Waals surface area contributed by atoms with Gasteiger partial charge in [-0.05, 0) is 48.6 Å². The number of aliphatic hydroxyl groups is 1. The van der Waals surface area contributed by atoms with E-state index in [0.717, 1.165) is 5.56 Å². The number of aromatic amines is 1. The number of carbonyl (C=O) groups is 3. The number of benzene rings is 2. The minimum atomic E-state index is -4.16. The molecular formula is C32H47N7O7S. The van der Waals surface area contributed by atoms with Gasteiger partial charge >= 0.3 is 6.09 Å². The highest BCUT2D eigenvalue weighted by atomic mass is 32.2. The van der Waals surface area contributed by atoms with Gasteiger partial charge in [-0.2, -0.15) is 4.31 Å². The Morgan fingerprint density at radius 2 is 1.72 bits per heavy atom. The van der Waals surface area contributed by atoms with Gasteiger partial charge in [-0.25, -0.2) is 18.2 Å². The second-order valence-electron chi connectivity index (χ2n) is 12.9. The molecule has 0 spiro atoms. The largest absolute Gasteiger partial charge is 0.453 e. The van der Waals surface area contributed by atoms with Crippen molar-refractivity contribution in [1.29, 1.82) is 0 Å². The summed E-state index contributed by atoms with van der Waals surface area (Å²) < 4.78 is 33.9. The monoisotopic (exact) mass is 673 g/mol. The van der Waals surface area contributed by atoms with Crippen LogP contribution in [0.2, 0.25) is 0 Å². The number of aliphatic hydroxyl groups excluding tert-OH is 1. The van der Waals surface area contributed by atoms with Crippen LogP contribution in [-0.4, -0.2) is 97.7 Å². The highest BCUT2D eigenvalue weighted by molar-refractivity contribution is 7.89. The molecule has 0 saturated carbocycles. The van der Waals surface area contributed by atoms with Crippen molar-refractivity contribution in [3.63, 3.8) is 0 Å². The number of hydrogen-bond acceptors (Lipinski definition) is 9. The maximum Gasteiger partial charge on any atom is 0.413 e. The van der Waals surface area contributed by atoms with E-state index in [-0.39, 0.29) is 48.7 Å². The summed E-state index contributed by atoms with van der Waals surface area (Å²) >= 11 is 0. The summed E-state index contributed by atoms with van der Waals surface area (Å²) in [6.07, 6.45) is -1.85. The van der Waals surface area contributed by atoms with E-state index >= 15 is 0 Å². The minimum Gasteiger partial charge on any atom is -0.453 e. The van der Waals surface area contributed by atoms with Crippen molar-refractivity contribution in [3.8, 4) is 0 Å². The Bertz CT molecular complexity index is 1620. The van der Waals surface area contributed by atoms with E-state index in [4.69, 9.17) is 0 Å². The SMILES string of the molecule is CNCC(=O)N[C@H](C(=O)N[C@@H](Cc1ccccc1)C(O)CN(CC(C)C)S(=O)(=O)c1ccc2nc(NC(=O)OC)[nH]c2c1)C(C)(C)C. The molecule has 258 valence electrons. The molecule has 6 N–H and O–H groups in total. The van der Waals surface area contributed by atoms with Crippen LogP contribution in [-0.2, 0) is 30.8 Å². The van der Waals surface area contributed by atoms with Gasteiger partial charge in [0, 0.05) is 13.1 Å². The normalized spacial score (nSPS) is 14.1. The summed E-state index contributed by atoms with van der Waals surface area (Å²) in [4.78, 5) is 44.8. The van der Waals surface area contributed by atoms with E-state index < -0.39 is 45.6 Å².